The van der Waals surface area contributed by atoms with E-state index < -0.39 is 0 Å². The second kappa shape index (κ2) is 4.25. The highest BCUT2D eigenvalue weighted by atomic mass is 35.5. The van der Waals surface area contributed by atoms with Gasteiger partial charge in [-0.25, -0.2) is 0 Å². The third-order valence-corrected chi connectivity index (χ3v) is 3.82. The van der Waals surface area contributed by atoms with Crippen LogP contribution in [-0.2, 0) is 6.42 Å². The standard InChI is InChI=1S/C14H11Cl2N/c15-11-6-10-7-13(9-4-2-1-3-5-9)17-14(10)8-12(11)16/h1-6,8,13,17H,7H2. The summed E-state index contributed by atoms with van der Waals surface area (Å²) in [5.41, 5.74) is 3.61. The number of hydrogen-bond acceptors (Lipinski definition) is 1. The fourth-order valence-corrected chi connectivity index (χ4v) is 2.59. The predicted molar refractivity (Wildman–Crippen MR) is 73.0 cm³/mol. The summed E-state index contributed by atoms with van der Waals surface area (Å²) in [7, 11) is 0. The lowest BCUT2D eigenvalue weighted by Crippen LogP contribution is -2.04. The van der Waals surface area contributed by atoms with Crippen LogP contribution in [0.5, 0.6) is 0 Å². The quantitative estimate of drug-likeness (QED) is 0.787. The molecular weight excluding hydrogens is 253 g/mol. The van der Waals surface area contributed by atoms with Crippen LogP contribution in [0.1, 0.15) is 17.2 Å². The first-order chi connectivity index (χ1) is 8.24. The van der Waals surface area contributed by atoms with Gasteiger partial charge >= 0.3 is 0 Å². The number of halogens is 2. The first-order valence-electron chi connectivity index (χ1n) is 5.53. The van der Waals surface area contributed by atoms with Gasteiger partial charge in [-0.3, -0.25) is 0 Å². The van der Waals surface area contributed by atoms with Crippen molar-refractivity contribution in [1.29, 1.82) is 0 Å². The first kappa shape index (κ1) is 10.9. The Morgan fingerprint density at radius 2 is 1.71 bits per heavy atom. The minimum absolute atomic E-state index is 0.320. The van der Waals surface area contributed by atoms with E-state index in [1.165, 1.54) is 11.1 Å². The number of nitrogens with one attached hydrogen (secondary N) is 1. The molecule has 0 spiro atoms. The van der Waals surface area contributed by atoms with Crippen LogP contribution >= 0.6 is 23.2 Å². The lowest BCUT2D eigenvalue weighted by molar-refractivity contribution is 0.824. The zero-order valence-electron chi connectivity index (χ0n) is 9.08. The van der Waals surface area contributed by atoms with Gasteiger partial charge in [0.2, 0.25) is 0 Å². The van der Waals surface area contributed by atoms with Crippen molar-refractivity contribution in [3.05, 3.63) is 63.6 Å². The average molecular weight is 264 g/mol. The van der Waals surface area contributed by atoms with E-state index in [0.29, 0.717) is 16.1 Å². The van der Waals surface area contributed by atoms with Crippen molar-refractivity contribution >= 4 is 28.9 Å². The molecule has 17 heavy (non-hydrogen) atoms. The maximum absolute atomic E-state index is 6.03. The van der Waals surface area contributed by atoms with Gasteiger partial charge in [-0.1, -0.05) is 53.5 Å². The van der Waals surface area contributed by atoms with Crippen LogP contribution in [0, 0.1) is 0 Å². The van der Waals surface area contributed by atoms with Gasteiger partial charge in [-0.2, -0.15) is 0 Å². The zero-order chi connectivity index (χ0) is 11.8. The lowest BCUT2D eigenvalue weighted by Gasteiger charge is -2.11. The molecule has 1 heterocycles. The van der Waals surface area contributed by atoms with Crippen LogP contribution in [0.3, 0.4) is 0 Å². The van der Waals surface area contributed by atoms with Gasteiger partial charge in [0.15, 0.2) is 0 Å². The number of hydrogen-bond donors (Lipinski definition) is 1. The highest BCUT2D eigenvalue weighted by Crippen LogP contribution is 2.38. The van der Waals surface area contributed by atoms with E-state index in [-0.39, 0.29) is 0 Å². The van der Waals surface area contributed by atoms with E-state index in [9.17, 15) is 0 Å². The predicted octanol–water partition coefficient (Wildman–Crippen LogP) is 4.70. The fraction of sp³-hybridized carbons (Fsp3) is 0.143. The molecule has 1 atom stereocenters. The molecule has 0 fully saturated rings. The van der Waals surface area contributed by atoms with Crippen molar-refractivity contribution in [3.8, 4) is 0 Å². The smallest absolute Gasteiger partial charge is 0.0613 e. The van der Waals surface area contributed by atoms with E-state index in [4.69, 9.17) is 23.2 Å². The van der Waals surface area contributed by atoms with E-state index in [1.807, 2.05) is 18.2 Å². The molecule has 1 N–H and O–H groups in total. The molecule has 0 aliphatic carbocycles. The molecule has 0 radical (unpaired) electrons. The topological polar surface area (TPSA) is 12.0 Å². The van der Waals surface area contributed by atoms with Gasteiger partial charge in [0.05, 0.1) is 16.1 Å². The summed E-state index contributed by atoms with van der Waals surface area (Å²) >= 11 is 12.0. The molecule has 3 heteroatoms. The summed E-state index contributed by atoms with van der Waals surface area (Å²) < 4.78 is 0. The molecule has 86 valence electrons. The summed E-state index contributed by atoms with van der Waals surface area (Å²) in [6.45, 7) is 0. The van der Waals surface area contributed by atoms with Crippen LogP contribution in [0.25, 0.3) is 0 Å². The maximum atomic E-state index is 6.03. The summed E-state index contributed by atoms with van der Waals surface area (Å²) in [6, 6.07) is 14.6. The Balaban J connectivity index is 1.93. The first-order valence-corrected chi connectivity index (χ1v) is 6.29. The Hall–Kier alpha value is -1.18. The fourth-order valence-electron chi connectivity index (χ4n) is 2.24. The van der Waals surface area contributed by atoms with Crippen molar-refractivity contribution in [2.75, 3.05) is 5.32 Å². The molecule has 0 aromatic heterocycles. The molecule has 1 aliphatic heterocycles. The Bertz CT molecular complexity index is 521. The minimum Gasteiger partial charge on any atom is -0.378 e. The normalized spacial score (nSPS) is 17.6. The van der Waals surface area contributed by atoms with Gasteiger partial charge in [-0.05, 0) is 29.7 Å². The molecule has 0 saturated heterocycles. The van der Waals surface area contributed by atoms with Crippen LogP contribution in [0.2, 0.25) is 10.0 Å². The Morgan fingerprint density at radius 1 is 1.00 bits per heavy atom. The van der Waals surface area contributed by atoms with Crippen molar-refractivity contribution in [1.82, 2.24) is 0 Å². The second-order valence-corrected chi connectivity index (χ2v) is 5.05. The average Bonchev–Trinajstić information content (AvgIpc) is 2.74. The van der Waals surface area contributed by atoms with Gasteiger partial charge < -0.3 is 5.32 Å². The highest BCUT2D eigenvalue weighted by molar-refractivity contribution is 6.42. The molecule has 1 nitrogen and oxygen atoms in total. The van der Waals surface area contributed by atoms with Crippen LogP contribution in [0.4, 0.5) is 5.69 Å². The number of fused-ring (bicyclic) bond motifs is 1. The molecule has 2 aromatic carbocycles. The summed E-state index contributed by atoms with van der Waals surface area (Å²) in [6.07, 6.45) is 0.955. The van der Waals surface area contributed by atoms with E-state index in [2.05, 4.69) is 29.6 Å². The number of anilines is 1. The lowest BCUT2D eigenvalue weighted by atomic mass is 10.0. The number of benzene rings is 2. The van der Waals surface area contributed by atoms with Crippen LogP contribution < -0.4 is 5.32 Å². The molecular formula is C14H11Cl2N. The van der Waals surface area contributed by atoms with E-state index >= 15 is 0 Å². The van der Waals surface area contributed by atoms with Gasteiger partial charge in [0.1, 0.15) is 0 Å². The Morgan fingerprint density at radius 3 is 2.47 bits per heavy atom. The Kier molecular flexibility index (Phi) is 2.73. The van der Waals surface area contributed by atoms with Gasteiger partial charge in [-0.15, -0.1) is 0 Å². The largest absolute Gasteiger partial charge is 0.378 e. The molecule has 0 saturated carbocycles. The van der Waals surface area contributed by atoms with Gasteiger partial charge in [0, 0.05) is 5.69 Å². The van der Waals surface area contributed by atoms with E-state index in [1.54, 1.807) is 0 Å². The third kappa shape index (κ3) is 2.01. The summed E-state index contributed by atoms with van der Waals surface area (Å²) in [4.78, 5) is 0. The maximum Gasteiger partial charge on any atom is 0.0613 e. The molecule has 0 amide bonds. The van der Waals surface area contributed by atoms with Crippen molar-refractivity contribution in [2.24, 2.45) is 0 Å². The zero-order valence-corrected chi connectivity index (χ0v) is 10.6. The van der Waals surface area contributed by atoms with Crippen molar-refractivity contribution in [2.45, 2.75) is 12.5 Å². The molecule has 2 aromatic rings. The summed E-state index contributed by atoms with van der Waals surface area (Å²) in [5.74, 6) is 0. The highest BCUT2D eigenvalue weighted by Gasteiger charge is 2.22. The van der Waals surface area contributed by atoms with Crippen molar-refractivity contribution in [3.63, 3.8) is 0 Å². The monoisotopic (exact) mass is 263 g/mol. The SMILES string of the molecule is Clc1cc2c(cc1Cl)NC(c1ccccc1)C2. The molecule has 0 bridgehead atoms. The minimum atomic E-state index is 0.320. The van der Waals surface area contributed by atoms with Crippen LogP contribution in [0.15, 0.2) is 42.5 Å². The van der Waals surface area contributed by atoms with Gasteiger partial charge in [0.25, 0.3) is 0 Å². The third-order valence-electron chi connectivity index (χ3n) is 3.10. The second-order valence-electron chi connectivity index (χ2n) is 4.24. The summed E-state index contributed by atoms with van der Waals surface area (Å²) in [5, 5.41) is 4.70. The van der Waals surface area contributed by atoms with E-state index in [0.717, 1.165) is 12.1 Å². The Labute approximate surface area is 110 Å². The molecule has 1 aliphatic rings. The van der Waals surface area contributed by atoms with Crippen molar-refractivity contribution < 1.29 is 0 Å². The molecule has 1 unspecified atom stereocenters. The molecule has 3 rings (SSSR count). The number of rotatable bonds is 1. The van der Waals surface area contributed by atoms with Crippen LogP contribution in [-0.4, -0.2) is 0 Å².